The van der Waals surface area contributed by atoms with Crippen molar-refractivity contribution in [3.05, 3.63) is 45.7 Å². The van der Waals surface area contributed by atoms with E-state index in [9.17, 15) is 14.4 Å². The minimum absolute atomic E-state index is 0.0598. The topological polar surface area (TPSA) is 90.2 Å². The molecule has 2 aromatic rings. The number of carbonyl (C=O) groups excluding carboxylic acids is 3. The molecule has 3 rings (SSSR count). The molecule has 0 unspecified atom stereocenters. The van der Waals surface area contributed by atoms with Crippen molar-refractivity contribution in [1.82, 2.24) is 9.47 Å². The van der Waals surface area contributed by atoms with Crippen LogP contribution in [0.1, 0.15) is 35.0 Å². The molecule has 166 valence electrons. The maximum atomic E-state index is 12.8. The van der Waals surface area contributed by atoms with Crippen LogP contribution in [0.3, 0.4) is 0 Å². The Labute approximate surface area is 185 Å². The fourth-order valence-corrected chi connectivity index (χ4v) is 4.31. The van der Waals surface area contributed by atoms with Crippen LogP contribution in [0.4, 0.5) is 0 Å². The second-order valence-corrected chi connectivity index (χ2v) is 8.52. The summed E-state index contributed by atoms with van der Waals surface area (Å²) in [5.41, 5.74) is 0.421. The quantitative estimate of drug-likeness (QED) is 0.637. The summed E-state index contributed by atoms with van der Waals surface area (Å²) >= 11 is 1.36. The van der Waals surface area contributed by atoms with E-state index in [-0.39, 0.29) is 24.3 Å². The summed E-state index contributed by atoms with van der Waals surface area (Å²) in [7, 11) is 1.54. The van der Waals surface area contributed by atoms with Gasteiger partial charge in [-0.1, -0.05) is 6.07 Å². The molecule has 0 radical (unpaired) electrons. The number of hydrogen-bond donors (Lipinski definition) is 0. The molecule has 0 atom stereocenters. The maximum Gasteiger partial charge on any atom is 0.309 e. The van der Waals surface area contributed by atoms with Crippen LogP contribution in [-0.2, 0) is 20.9 Å². The molecule has 0 bridgehead atoms. The Morgan fingerprint density at radius 1 is 1.23 bits per heavy atom. The van der Waals surface area contributed by atoms with E-state index in [2.05, 4.69) is 4.99 Å². The van der Waals surface area contributed by atoms with Crippen molar-refractivity contribution in [3.8, 4) is 5.75 Å². The van der Waals surface area contributed by atoms with Crippen LogP contribution in [0, 0.1) is 12.8 Å². The van der Waals surface area contributed by atoms with Crippen LogP contribution in [0.2, 0.25) is 0 Å². The molecule has 1 aliphatic heterocycles. The van der Waals surface area contributed by atoms with E-state index in [1.807, 2.05) is 13.1 Å². The average Bonchev–Trinajstić information content (AvgIpc) is 3.12. The van der Waals surface area contributed by atoms with Gasteiger partial charge in [0.05, 0.1) is 19.6 Å². The molecule has 1 fully saturated rings. The fraction of sp³-hybridized carbons (Fsp3) is 0.455. The monoisotopic (exact) mass is 445 g/mol. The SMILES string of the molecule is CCOC(=O)C1CCN(C(=O)Cn2cc(C)sc2=NC(=O)c2cccc(OC)c2)CC1. The zero-order valence-corrected chi connectivity index (χ0v) is 18.8. The van der Waals surface area contributed by atoms with Crippen LogP contribution < -0.4 is 9.54 Å². The summed E-state index contributed by atoms with van der Waals surface area (Å²) in [6, 6.07) is 6.81. The van der Waals surface area contributed by atoms with E-state index in [0.29, 0.717) is 48.7 Å². The van der Waals surface area contributed by atoms with Gasteiger partial charge in [0.1, 0.15) is 12.3 Å². The molecule has 2 heterocycles. The van der Waals surface area contributed by atoms with E-state index < -0.39 is 5.91 Å². The van der Waals surface area contributed by atoms with Crippen LogP contribution in [0.5, 0.6) is 5.75 Å². The number of piperidine rings is 1. The molecular formula is C22H27N3O5S. The lowest BCUT2D eigenvalue weighted by atomic mass is 9.97. The number of likely N-dealkylation sites (tertiary alicyclic amines) is 1. The number of aryl methyl sites for hydroxylation is 1. The Hall–Kier alpha value is -2.94. The van der Waals surface area contributed by atoms with Gasteiger partial charge in [-0.3, -0.25) is 14.4 Å². The highest BCUT2D eigenvalue weighted by Gasteiger charge is 2.28. The Kier molecular flexibility index (Phi) is 7.62. The van der Waals surface area contributed by atoms with E-state index in [1.165, 1.54) is 11.3 Å². The molecular weight excluding hydrogens is 418 g/mol. The normalized spacial score (nSPS) is 15.1. The Balaban J connectivity index is 1.69. The summed E-state index contributed by atoms with van der Waals surface area (Å²) in [6.45, 7) is 5.19. The lowest BCUT2D eigenvalue weighted by molar-refractivity contribution is -0.151. The molecule has 9 heteroatoms. The fourth-order valence-electron chi connectivity index (χ4n) is 3.48. The van der Waals surface area contributed by atoms with Gasteiger partial charge in [-0.2, -0.15) is 4.99 Å². The van der Waals surface area contributed by atoms with Crippen molar-refractivity contribution in [2.24, 2.45) is 10.9 Å². The second kappa shape index (κ2) is 10.4. The number of benzene rings is 1. The number of hydrogen-bond acceptors (Lipinski definition) is 6. The molecule has 0 N–H and O–H groups in total. The summed E-state index contributed by atoms with van der Waals surface area (Å²) < 4.78 is 12.0. The summed E-state index contributed by atoms with van der Waals surface area (Å²) in [4.78, 5) is 44.7. The predicted octanol–water partition coefficient (Wildman–Crippen LogP) is 2.41. The second-order valence-electron chi connectivity index (χ2n) is 7.31. The molecule has 0 saturated carbocycles. The molecule has 0 aliphatic carbocycles. The molecule has 1 aromatic heterocycles. The average molecular weight is 446 g/mol. The third-order valence-electron chi connectivity index (χ3n) is 5.12. The highest BCUT2D eigenvalue weighted by Crippen LogP contribution is 2.19. The summed E-state index contributed by atoms with van der Waals surface area (Å²) in [5, 5.41) is 0. The first-order chi connectivity index (χ1) is 14.9. The number of nitrogens with zero attached hydrogens (tertiary/aromatic N) is 3. The van der Waals surface area contributed by atoms with E-state index >= 15 is 0 Å². The standard InChI is InChI=1S/C22H27N3O5S/c1-4-30-21(28)16-8-10-24(11-9-16)19(26)14-25-13-15(2)31-22(25)23-20(27)17-6-5-7-18(12-17)29-3/h5-7,12-13,16H,4,8-11,14H2,1-3H3. The van der Waals surface area contributed by atoms with Crippen molar-refractivity contribution in [1.29, 1.82) is 0 Å². The van der Waals surface area contributed by atoms with Gasteiger partial charge in [-0.05, 0) is 44.9 Å². The number of esters is 1. The minimum Gasteiger partial charge on any atom is -0.497 e. The molecule has 0 spiro atoms. The molecule has 2 amide bonds. The summed E-state index contributed by atoms with van der Waals surface area (Å²) in [6.07, 6.45) is 3.03. The zero-order chi connectivity index (χ0) is 22.4. The Bertz CT molecular complexity index is 1020. The van der Waals surface area contributed by atoms with Gasteiger partial charge in [-0.25, -0.2) is 0 Å². The molecule has 1 aliphatic rings. The maximum absolute atomic E-state index is 12.8. The van der Waals surface area contributed by atoms with Crippen LogP contribution in [0.25, 0.3) is 0 Å². The van der Waals surface area contributed by atoms with Gasteiger partial charge in [0.15, 0.2) is 4.80 Å². The number of ether oxygens (including phenoxy) is 2. The van der Waals surface area contributed by atoms with Gasteiger partial charge < -0.3 is 18.9 Å². The van der Waals surface area contributed by atoms with Gasteiger partial charge >= 0.3 is 5.97 Å². The van der Waals surface area contributed by atoms with Crippen molar-refractivity contribution < 1.29 is 23.9 Å². The van der Waals surface area contributed by atoms with Gasteiger partial charge in [0.25, 0.3) is 5.91 Å². The lowest BCUT2D eigenvalue weighted by Crippen LogP contribution is -2.42. The van der Waals surface area contributed by atoms with Crippen LogP contribution >= 0.6 is 11.3 Å². The lowest BCUT2D eigenvalue weighted by Gasteiger charge is -2.31. The van der Waals surface area contributed by atoms with Crippen molar-refractivity contribution in [3.63, 3.8) is 0 Å². The first kappa shape index (κ1) is 22.7. The smallest absolute Gasteiger partial charge is 0.309 e. The number of amides is 2. The summed E-state index contributed by atoms with van der Waals surface area (Å²) in [5.74, 6) is -0.203. The highest BCUT2D eigenvalue weighted by molar-refractivity contribution is 7.09. The van der Waals surface area contributed by atoms with E-state index in [0.717, 1.165) is 4.88 Å². The zero-order valence-electron chi connectivity index (χ0n) is 18.0. The number of thiazole rings is 1. The van der Waals surface area contributed by atoms with Gasteiger partial charge in [0, 0.05) is 29.7 Å². The Morgan fingerprint density at radius 3 is 2.65 bits per heavy atom. The van der Waals surface area contributed by atoms with E-state index in [1.54, 1.807) is 47.8 Å². The third-order valence-corrected chi connectivity index (χ3v) is 6.06. The van der Waals surface area contributed by atoms with Crippen LogP contribution in [0.15, 0.2) is 35.5 Å². The van der Waals surface area contributed by atoms with Crippen molar-refractivity contribution in [2.45, 2.75) is 33.2 Å². The van der Waals surface area contributed by atoms with Gasteiger partial charge in [0.2, 0.25) is 5.91 Å². The number of rotatable bonds is 6. The van der Waals surface area contributed by atoms with Crippen LogP contribution in [-0.4, -0.2) is 54.1 Å². The Morgan fingerprint density at radius 2 is 1.97 bits per heavy atom. The number of aromatic nitrogens is 1. The molecule has 31 heavy (non-hydrogen) atoms. The molecule has 8 nitrogen and oxygen atoms in total. The van der Waals surface area contributed by atoms with Gasteiger partial charge in [-0.15, -0.1) is 11.3 Å². The largest absolute Gasteiger partial charge is 0.497 e. The first-order valence-corrected chi connectivity index (χ1v) is 11.1. The van der Waals surface area contributed by atoms with Crippen molar-refractivity contribution in [2.75, 3.05) is 26.8 Å². The van der Waals surface area contributed by atoms with Crippen molar-refractivity contribution >= 4 is 29.1 Å². The molecule has 1 saturated heterocycles. The third kappa shape index (κ3) is 5.81. The first-order valence-electron chi connectivity index (χ1n) is 10.3. The highest BCUT2D eigenvalue weighted by atomic mass is 32.1. The number of methoxy groups -OCH3 is 1. The molecule has 1 aromatic carbocycles. The number of carbonyl (C=O) groups is 3. The predicted molar refractivity (Wildman–Crippen MR) is 116 cm³/mol. The minimum atomic E-state index is -0.391. The van der Waals surface area contributed by atoms with E-state index in [4.69, 9.17) is 9.47 Å².